The van der Waals surface area contributed by atoms with Crippen molar-refractivity contribution in [3.05, 3.63) is 64.7 Å². The first-order valence-corrected chi connectivity index (χ1v) is 7.18. The van der Waals surface area contributed by atoms with Crippen molar-refractivity contribution < 1.29 is 4.74 Å². The van der Waals surface area contributed by atoms with E-state index in [1.54, 1.807) is 0 Å². The maximum Gasteiger partial charge on any atom is 0.127 e. The molecule has 2 heteroatoms. The summed E-state index contributed by atoms with van der Waals surface area (Å²) in [5, 5.41) is 3.36. The average Bonchev–Trinajstić information content (AvgIpc) is 2.46. The molecule has 0 spiro atoms. The first-order valence-electron chi connectivity index (χ1n) is 7.18. The Labute approximate surface area is 121 Å². The van der Waals surface area contributed by atoms with E-state index in [0.29, 0.717) is 6.61 Å². The monoisotopic (exact) mass is 269 g/mol. The molecule has 0 fully saturated rings. The van der Waals surface area contributed by atoms with E-state index in [4.69, 9.17) is 4.74 Å². The first-order chi connectivity index (χ1) is 9.70. The quantitative estimate of drug-likeness (QED) is 0.856. The maximum atomic E-state index is 6.05. The van der Waals surface area contributed by atoms with Gasteiger partial charge in [0.25, 0.3) is 0 Å². The van der Waals surface area contributed by atoms with Gasteiger partial charge in [0.1, 0.15) is 12.4 Å². The summed E-state index contributed by atoms with van der Waals surface area (Å²) < 4.78 is 6.05. The Kier molecular flexibility index (Phi) is 5.19. The van der Waals surface area contributed by atoms with Crippen molar-refractivity contribution in [1.82, 2.24) is 5.32 Å². The largest absolute Gasteiger partial charge is 0.488 e. The van der Waals surface area contributed by atoms with E-state index in [2.05, 4.69) is 68.6 Å². The van der Waals surface area contributed by atoms with Crippen LogP contribution in [0.2, 0.25) is 0 Å². The van der Waals surface area contributed by atoms with Gasteiger partial charge in [-0.15, -0.1) is 0 Å². The molecule has 20 heavy (non-hydrogen) atoms. The summed E-state index contributed by atoms with van der Waals surface area (Å²) in [6.45, 7) is 8.74. The number of benzene rings is 2. The molecule has 0 aliphatic heterocycles. The molecule has 1 N–H and O–H groups in total. The maximum absolute atomic E-state index is 6.05. The Morgan fingerprint density at radius 3 is 2.45 bits per heavy atom. The number of hydrogen-bond acceptors (Lipinski definition) is 2. The molecule has 0 saturated carbocycles. The molecule has 0 heterocycles. The third-order valence-electron chi connectivity index (χ3n) is 3.36. The van der Waals surface area contributed by atoms with Gasteiger partial charge in [0.05, 0.1) is 0 Å². The van der Waals surface area contributed by atoms with Gasteiger partial charge in [0, 0.05) is 12.1 Å². The fraction of sp³-hybridized carbons (Fsp3) is 0.333. The van der Waals surface area contributed by atoms with Crippen LogP contribution in [0.3, 0.4) is 0 Å². The SMILES string of the molecule is CCNCc1cccc(C)c1OCc1ccc(C)cc1. The average molecular weight is 269 g/mol. The van der Waals surface area contributed by atoms with Crippen LogP contribution in [0.15, 0.2) is 42.5 Å². The highest BCUT2D eigenvalue weighted by molar-refractivity contribution is 5.41. The third kappa shape index (κ3) is 3.84. The zero-order chi connectivity index (χ0) is 14.4. The third-order valence-corrected chi connectivity index (χ3v) is 3.36. The molecule has 2 aromatic rings. The van der Waals surface area contributed by atoms with E-state index in [1.807, 2.05) is 0 Å². The fourth-order valence-corrected chi connectivity index (χ4v) is 2.16. The fourth-order valence-electron chi connectivity index (χ4n) is 2.16. The van der Waals surface area contributed by atoms with Crippen LogP contribution in [0.25, 0.3) is 0 Å². The summed E-state index contributed by atoms with van der Waals surface area (Å²) >= 11 is 0. The molecule has 2 rings (SSSR count). The molecular formula is C18H23NO. The highest BCUT2D eigenvalue weighted by atomic mass is 16.5. The molecule has 0 aliphatic carbocycles. The van der Waals surface area contributed by atoms with Crippen LogP contribution in [0.4, 0.5) is 0 Å². The van der Waals surface area contributed by atoms with Crippen LogP contribution in [0.1, 0.15) is 29.2 Å². The van der Waals surface area contributed by atoms with E-state index in [1.165, 1.54) is 22.3 Å². The van der Waals surface area contributed by atoms with Crippen LogP contribution < -0.4 is 10.1 Å². The van der Waals surface area contributed by atoms with Gasteiger partial charge in [0.2, 0.25) is 0 Å². The number of ether oxygens (including phenoxy) is 1. The number of hydrogen-bond donors (Lipinski definition) is 1. The lowest BCUT2D eigenvalue weighted by atomic mass is 10.1. The Hall–Kier alpha value is -1.80. The molecule has 0 atom stereocenters. The molecular weight excluding hydrogens is 246 g/mol. The van der Waals surface area contributed by atoms with Crippen molar-refractivity contribution in [2.75, 3.05) is 6.54 Å². The molecule has 106 valence electrons. The Balaban J connectivity index is 2.09. The number of aryl methyl sites for hydroxylation is 2. The van der Waals surface area contributed by atoms with Gasteiger partial charge in [-0.05, 0) is 31.5 Å². The second-order valence-electron chi connectivity index (χ2n) is 5.12. The van der Waals surface area contributed by atoms with Crippen molar-refractivity contribution in [3.63, 3.8) is 0 Å². The minimum atomic E-state index is 0.615. The molecule has 0 bridgehead atoms. The predicted octanol–water partition coefficient (Wildman–Crippen LogP) is 3.99. The second kappa shape index (κ2) is 7.11. The molecule has 0 radical (unpaired) electrons. The summed E-state index contributed by atoms with van der Waals surface area (Å²) in [6.07, 6.45) is 0. The van der Waals surface area contributed by atoms with Crippen molar-refractivity contribution in [2.24, 2.45) is 0 Å². The summed E-state index contributed by atoms with van der Waals surface area (Å²) in [6, 6.07) is 14.8. The minimum Gasteiger partial charge on any atom is -0.488 e. The lowest BCUT2D eigenvalue weighted by Gasteiger charge is -2.14. The highest BCUT2D eigenvalue weighted by Crippen LogP contribution is 2.24. The Morgan fingerprint density at radius 2 is 1.75 bits per heavy atom. The first kappa shape index (κ1) is 14.6. The van der Waals surface area contributed by atoms with E-state index >= 15 is 0 Å². The molecule has 0 amide bonds. The van der Waals surface area contributed by atoms with E-state index in [9.17, 15) is 0 Å². The van der Waals surface area contributed by atoms with Gasteiger partial charge in [-0.2, -0.15) is 0 Å². The smallest absolute Gasteiger partial charge is 0.127 e. The van der Waals surface area contributed by atoms with Crippen molar-refractivity contribution in [3.8, 4) is 5.75 Å². The van der Waals surface area contributed by atoms with Crippen LogP contribution in [-0.4, -0.2) is 6.54 Å². The van der Waals surface area contributed by atoms with Crippen molar-refractivity contribution in [2.45, 2.75) is 33.9 Å². The van der Waals surface area contributed by atoms with Crippen LogP contribution in [0, 0.1) is 13.8 Å². The lowest BCUT2D eigenvalue weighted by Crippen LogP contribution is -2.13. The Bertz CT molecular complexity index is 546. The zero-order valence-electron chi connectivity index (χ0n) is 12.6. The summed E-state index contributed by atoms with van der Waals surface area (Å²) in [5.74, 6) is 1.01. The molecule has 2 aromatic carbocycles. The molecule has 2 nitrogen and oxygen atoms in total. The highest BCUT2D eigenvalue weighted by Gasteiger charge is 2.06. The van der Waals surface area contributed by atoms with Crippen LogP contribution in [-0.2, 0) is 13.2 Å². The normalized spacial score (nSPS) is 10.6. The van der Waals surface area contributed by atoms with Crippen molar-refractivity contribution >= 4 is 0 Å². The summed E-state index contributed by atoms with van der Waals surface area (Å²) in [7, 11) is 0. The van der Waals surface area contributed by atoms with E-state index in [-0.39, 0.29) is 0 Å². The molecule has 0 aromatic heterocycles. The number of rotatable bonds is 6. The lowest BCUT2D eigenvalue weighted by molar-refractivity contribution is 0.300. The Morgan fingerprint density at radius 1 is 1.00 bits per heavy atom. The van der Waals surface area contributed by atoms with E-state index in [0.717, 1.165) is 18.8 Å². The van der Waals surface area contributed by atoms with Gasteiger partial charge < -0.3 is 10.1 Å². The number of para-hydroxylation sites is 1. The molecule has 0 aliphatic rings. The van der Waals surface area contributed by atoms with Gasteiger partial charge in [0.15, 0.2) is 0 Å². The van der Waals surface area contributed by atoms with Gasteiger partial charge in [-0.25, -0.2) is 0 Å². The van der Waals surface area contributed by atoms with Crippen LogP contribution in [0.5, 0.6) is 5.75 Å². The standard InChI is InChI=1S/C18H23NO/c1-4-19-12-17-7-5-6-15(3)18(17)20-13-16-10-8-14(2)9-11-16/h5-11,19H,4,12-13H2,1-3H3. The topological polar surface area (TPSA) is 21.3 Å². The van der Waals surface area contributed by atoms with Gasteiger partial charge in [-0.3, -0.25) is 0 Å². The summed E-state index contributed by atoms with van der Waals surface area (Å²) in [5.41, 5.74) is 4.89. The number of nitrogens with one attached hydrogen (secondary N) is 1. The molecule has 0 saturated heterocycles. The van der Waals surface area contributed by atoms with E-state index < -0.39 is 0 Å². The second-order valence-corrected chi connectivity index (χ2v) is 5.12. The predicted molar refractivity (Wildman–Crippen MR) is 84.1 cm³/mol. The zero-order valence-corrected chi connectivity index (χ0v) is 12.6. The van der Waals surface area contributed by atoms with Crippen LogP contribution >= 0.6 is 0 Å². The molecule has 0 unspecified atom stereocenters. The van der Waals surface area contributed by atoms with Gasteiger partial charge >= 0.3 is 0 Å². The van der Waals surface area contributed by atoms with Gasteiger partial charge in [-0.1, -0.05) is 55.0 Å². The summed E-state index contributed by atoms with van der Waals surface area (Å²) in [4.78, 5) is 0. The van der Waals surface area contributed by atoms with Crippen molar-refractivity contribution in [1.29, 1.82) is 0 Å². The minimum absolute atomic E-state index is 0.615.